The first-order valence-corrected chi connectivity index (χ1v) is 11.3. The van der Waals surface area contributed by atoms with Gasteiger partial charge in [-0.1, -0.05) is 23.2 Å². The molecule has 2 amide bonds. The number of hydrazone groups is 1. The lowest BCUT2D eigenvalue weighted by Gasteiger charge is -2.11. The van der Waals surface area contributed by atoms with Crippen molar-refractivity contribution in [2.75, 3.05) is 19.0 Å². The highest BCUT2D eigenvalue weighted by Crippen LogP contribution is 2.29. The van der Waals surface area contributed by atoms with Gasteiger partial charge in [-0.05, 0) is 73.2 Å². The van der Waals surface area contributed by atoms with E-state index in [0.717, 1.165) is 0 Å². The number of rotatable bonds is 8. The molecule has 3 rings (SSSR count). The zero-order chi connectivity index (χ0) is 26.1. The summed E-state index contributed by atoms with van der Waals surface area (Å²) in [4.78, 5) is 36.6. The van der Waals surface area contributed by atoms with Crippen LogP contribution in [0.25, 0.3) is 0 Å². The molecule has 36 heavy (non-hydrogen) atoms. The van der Waals surface area contributed by atoms with Crippen LogP contribution in [0.3, 0.4) is 0 Å². The maximum atomic E-state index is 12.5. The number of hydrogen-bond acceptors (Lipinski definition) is 7. The van der Waals surface area contributed by atoms with Crippen LogP contribution in [0.1, 0.15) is 22.8 Å². The normalized spacial score (nSPS) is 10.6. The van der Waals surface area contributed by atoms with Crippen LogP contribution in [0.15, 0.2) is 65.8 Å². The highest BCUT2D eigenvalue weighted by atomic mass is 35.5. The second-order valence-electron chi connectivity index (χ2n) is 7.04. The Balaban J connectivity index is 1.63. The number of halogens is 2. The van der Waals surface area contributed by atoms with E-state index in [1.807, 2.05) is 0 Å². The minimum Gasteiger partial charge on any atom is -0.497 e. The van der Waals surface area contributed by atoms with E-state index in [4.69, 9.17) is 37.4 Å². The molecule has 0 saturated carbocycles. The van der Waals surface area contributed by atoms with Crippen molar-refractivity contribution < 1.29 is 28.6 Å². The minimum absolute atomic E-state index is 0.208. The van der Waals surface area contributed by atoms with Gasteiger partial charge in [-0.25, -0.2) is 10.2 Å². The van der Waals surface area contributed by atoms with Crippen molar-refractivity contribution in [3.05, 3.63) is 81.8 Å². The molecular formula is C25H21Cl2N3O6. The molecule has 11 heteroatoms. The molecule has 0 aliphatic heterocycles. The van der Waals surface area contributed by atoms with Crippen LogP contribution in [-0.2, 0) is 9.59 Å². The largest absolute Gasteiger partial charge is 0.497 e. The maximum absolute atomic E-state index is 12.5. The summed E-state index contributed by atoms with van der Waals surface area (Å²) in [6.45, 7) is 2.10. The molecular weight excluding hydrogens is 509 g/mol. The van der Waals surface area contributed by atoms with Gasteiger partial charge < -0.3 is 19.5 Å². The van der Waals surface area contributed by atoms with Gasteiger partial charge in [-0.2, -0.15) is 5.10 Å². The summed E-state index contributed by atoms with van der Waals surface area (Å²) in [6.07, 6.45) is 1.31. The number of nitrogens with zero attached hydrogens (tertiary/aromatic N) is 1. The summed E-state index contributed by atoms with van der Waals surface area (Å²) in [7, 11) is 1.53. The highest BCUT2D eigenvalue weighted by molar-refractivity contribution is 6.43. The number of anilines is 1. The summed E-state index contributed by atoms with van der Waals surface area (Å²) < 4.78 is 16.1. The monoisotopic (exact) mass is 529 g/mol. The van der Waals surface area contributed by atoms with Gasteiger partial charge in [0.25, 0.3) is 0 Å². The molecule has 0 fully saturated rings. The lowest BCUT2D eigenvalue weighted by atomic mass is 10.2. The van der Waals surface area contributed by atoms with Crippen LogP contribution in [0, 0.1) is 0 Å². The molecule has 0 saturated heterocycles. The van der Waals surface area contributed by atoms with Gasteiger partial charge >= 0.3 is 17.8 Å². The van der Waals surface area contributed by atoms with Crippen LogP contribution in [-0.4, -0.2) is 37.7 Å². The van der Waals surface area contributed by atoms with E-state index in [1.54, 1.807) is 43.3 Å². The van der Waals surface area contributed by atoms with E-state index in [1.165, 1.54) is 37.6 Å². The van der Waals surface area contributed by atoms with Crippen molar-refractivity contribution in [3.8, 4) is 17.2 Å². The molecule has 0 heterocycles. The van der Waals surface area contributed by atoms with Crippen LogP contribution < -0.4 is 25.0 Å². The number of nitrogens with one attached hydrogen (secondary N) is 2. The van der Waals surface area contributed by atoms with Crippen molar-refractivity contribution in [3.63, 3.8) is 0 Å². The molecule has 0 radical (unpaired) electrons. The van der Waals surface area contributed by atoms with Crippen LogP contribution in [0.5, 0.6) is 17.2 Å². The Morgan fingerprint density at radius 1 is 0.917 bits per heavy atom. The third-order valence-corrected chi connectivity index (χ3v) is 5.30. The molecule has 9 nitrogen and oxygen atoms in total. The van der Waals surface area contributed by atoms with Gasteiger partial charge in [0.15, 0.2) is 11.5 Å². The number of carbonyl (C=O) groups excluding carboxylic acids is 3. The quantitative estimate of drug-likeness (QED) is 0.143. The lowest BCUT2D eigenvalue weighted by Crippen LogP contribution is -2.32. The van der Waals surface area contributed by atoms with Gasteiger partial charge in [-0.15, -0.1) is 0 Å². The molecule has 0 atom stereocenters. The summed E-state index contributed by atoms with van der Waals surface area (Å²) in [5.74, 6) is -1.38. The average Bonchev–Trinajstić information content (AvgIpc) is 2.87. The average molecular weight is 530 g/mol. The van der Waals surface area contributed by atoms with E-state index >= 15 is 0 Å². The zero-order valence-corrected chi connectivity index (χ0v) is 20.7. The summed E-state index contributed by atoms with van der Waals surface area (Å²) in [5, 5.41) is 6.72. The van der Waals surface area contributed by atoms with Gasteiger partial charge in [-0.3, -0.25) is 9.59 Å². The molecule has 0 bridgehead atoms. The molecule has 0 spiro atoms. The predicted octanol–water partition coefficient (Wildman–Crippen LogP) is 4.71. The SMILES string of the molecule is CCOc1cc(/C=N/NC(=O)C(=O)Nc2ccc(Cl)c(Cl)c2)ccc1OC(=O)c1ccc(OC)cc1. The lowest BCUT2D eigenvalue weighted by molar-refractivity contribution is -0.136. The van der Waals surface area contributed by atoms with E-state index in [2.05, 4.69) is 15.8 Å². The first-order chi connectivity index (χ1) is 17.3. The number of esters is 1. The summed E-state index contributed by atoms with van der Waals surface area (Å²) in [5.41, 5.74) is 3.29. The van der Waals surface area contributed by atoms with E-state index in [-0.39, 0.29) is 10.8 Å². The Morgan fingerprint density at radius 2 is 1.67 bits per heavy atom. The summed E-state index contributed by atoms with van der Waals surface area (Å²) in [6, 6.07) is 15.6. The highest BCUT2D eigenvalue weighted by Gasteiger charge is 2.15. The van der Waals surface area contributed by atoms with Gasteiger partial charge in [0.05, 0.1) is 35.5 Å². The molecule has 0 aliphatic carbocycles. The van der Waals surface area contributed by atoms with E-state index in [9.17, 15) is 14.4 Å². The molecule has 186 valence electrons. The Labute approximate surface area is 216 Å². The van der Waals surface area contributed by atoms with Crippen molar-refractivity contribution in [1.82, 2.24) is 5.43 Å². The maximum Gasteiger partial charge on any atom is 0.343 e. The molecule has 3 aromatic carbocycles. The van der Waals surface area contributed by atoms with E-state index in [0.29, 0.717) is 39.9 Å². The fraction of sp³-hybridized carbons (Fsp3) is 0.120. The molecule has 2 N–H and O–H groups in total. The van der Waals surface area contributed by atoms with Crippen molar-refractivity contribution >= 4 is 52.9 Å². The first kappa shape index (κ1) is 26.5. The number of methoxy groups -OCH3 is 1. The third-order valence-electron chi connectivity index (χ3n) is 4.56. The van der Waals surface area contributed by atoms with Gasteiger partial charge in [0.1, 0.15) is 5.75 Å². The van der Waals surface area contributed by atoms with Gasteiger partial charge in [0, 0.05) is 5.69 Å². The topological polar surface area (TPSA) is 115 Å². The third kappa shape index (κ3) is 7.21. The fourth-order valence-corrected chi connectivity index (χ4v) is 3.12. The van der Waals surface area contributed by atoms with Crippen LogP contribution in [0.2, 0.25) is 10.0 Å². The summed E-state index contributed by atoms with van der Waals surface area (Å²) >= 11 is 11.7. The number of hydrogen-bond donors (Lipinski definition) is 2. The minimum atomic E-state index is -0.993. The van der Waals surface area contributed by atoms with Crippen LogP contribution >= 0.6 is 23.2 Å². The predicted molar refractivity (Wildman–Crippen MR) is 136 cm³/mol. The Hall–Kier alpha value is -4.08. The molecule has 0 aliphatic rings. The standard InChI is InChI=1S/C25H21Cl2N3O6/c1-3-35-22-12-15(4-11-21(22)36-25(33)16-5-8-18(34-2)9-6-16)14-28-30-24(32)23(31)29-17-7-10-19(26)20(27)13-17/h4-14H,3H2,1-2H3,(H,29,31)(H,30,32)/b28-14+. The van der Waals surface area contributed by atoms with Crippen molar-refractivity contribution in [1.29, 1.82) is 0 Å². The van der Waals surface area contributed by atoms with Crippen molar-refractivity contribution in [2.45, 2.75) is 6.92 Å². The second kappa shape index (κ2) is 12.6. The smallest absolute Gasteiger partial charge is 0.343 e. The zero-order valence-electron chi connectivity index (χ0n) is 19.2. The number of amides is 2. The number of carbonyl (C=O) groups is 3. The van der Waals surface area contributed by atoms with Crippen LogP contribution in [0.4, 0.5) is 5.69 Å². The number of ether oxygens (including phenoxy) is 3. The molecule has 3 aromatic rings. The fourth-order valence-electron chi connectivity index (χ4n) is 2.82. The first-order valence-electron chi connectivity index (χ1n) is 10.5. The molecule has 0 unspecified atom stereocenters. The second-order valence-corrected chi connectivity index (χ2v) is 7.85. The molecule has 0 aromatic heterocycles. The van der Waals surface area contributed by atoms with Gasteiger partial charge in [0.2, 0.25) is 0 Å². The Morgan fingerprint density at radius 3 is 2.33 bits per heavy atom. The Bertz CT molecular complexity index is 1300. The van der Waals surface area contributed by atoms with Crippen molar-refractivity contribution in [2.24, 2.45) is 5.10 Å². The Kier molecular flexibility index (Phi) is 9.26. The van der Waals surface area contributed by atoms with E-state index < -0.39 is 17.8 Å². The number of benzene rings is 3.